The standard InChI is InChI=1S/C9H16BrN3/c1-4-8(5-11)13-7(3)9(10)6(2)12-13/h8H,4-5,11H2,1-3H3. The zero-order valence-corrected chi connectivity index (χ0v) is 9.93. The van der Waals surface area contributed by atoms with Crippen LogP contribution in [0.3, 0.4) is 0 Å². The fourth-order valence-corrected chi connectivity index (χ4v) is 1.70. The molecule has 3 nitrogen and oxygen atoms in total. The first-order chi connectivity index (χ1) is 6.11. The minimum Gasteiger partial charge on any atom is -0.328 e. The lowest BCUT2D eigenvalue weighted by Gasteiger charge is -2.14. The molecule has 2 N–H and O–H groups in total. The monoisotopic (exact) mass is 245 g/mol. The predicted octanol–water partition coefficient (Wildman–Crippen LogP) is 2.17. The van der Waals surface area contributed by atoms with Crippen molar-refractivity contribution in [1.29, 1.82) is 0 Å². The largest absolute Gasteiger partial charge is 0.328 e. The number of hydrogen-bond donors (Lipinski definition) is 1. The summed E-state index contributed by atoms with van der Waals surface area (Å²) in [5.74, 6) is 0. The molecule has 0 aliphatic rings. The van der Waals surface area contributed by atoms with Crippen LogP contribution < -0.4 is 5.73 Å². The molecule has 0 spiro atoms. The van der Waals surface area contributed by atoms with Crippen molar-refractivity contribution in [2.24, 2.45) is 5.73 Å². The van der Waals surface area contributed by atoms with Gasteiger partial charge in [0.2, 0.25) is 0 Å². The molecule has 13 heavy (non-hydrogen) atoms. The van der Waals surface area contributed by atoms with Crippen molar-refractivity contribution < 1.29 is 0 Å². The van der Waals surface area contributed by atoms with Gasteiger partial charge in [-0.25, -0.2) is 0 Å². The van der Waals surface area contributed by atoms with Crippen LogP contribution in [0.1, 0.15) is 30.8 Å². The third-order valence-corrected chi connectivity index (χ3v) is 3.47. The molecular weight excluding hydrogens is 230 g/mol. The maximum absolute atomic E-state index is 5.67. The summed E-state index contributed by atoms with van der Waals surface area (Å²) in [7, 11) is 0. The Labute approximate surface area is 87.4 Å². The van der Waals surface area contributed by atoms with Crippen LogP contribution in [0.2, 0.25) is 0 Å². The Kier molecular flexibility index (Phi) is 3.50. The second-order valence-corrected chi connectivity index (χ2v) is 4.02. The zero-order chi connectivity index (χ0) is 10.0. The molecule has 0 fully saturated rings. The van der Waals surface area contributed by atoms with Crippen molar-refractivity contribution in [2.45, 2.75) is 33.2 Å². The normalized spacial score (nSPS) is 13.3. The van der Waals surface area contributed by atoms with Crippen molar-refractivity contribution in [3.8, 4) is 0 Å². The van der Waals surface area contributed by atoms with E-state index >= 15 is 0 Å². The fourth-order valence-electron chi connectivity index (χ4n) is 1.44. The van der Waals surface area contributed by atoms with Crippen LogP contribution in [0, 0.1) is 13.8 Å². The molecule has 0 aliphatic carbocycles. The summed E-state index contributed by atoms with van der Waals surface area (Å²) in [6.07, 6.45) is 1.02. The Morgan fingerprint density at radius 1 is 1.54 bits per heavy atom. The molecule has 1 aromatic heterocycles. The Morgan fingerprint density at radius 2 is 2.15 bits per heavy atom. The van der Waals surface area contributed by atoms with E-state index in [1.807, 2.05) is 11.6 Å². The summed E-state index contributed by atoms with van der Waals surface area (Å²) in [5.41, 5.74) is 7.86. The number of nitrogens with two attached hydrogens (primary N) is 1. The van der Waals surface area contributed by atoms with E-state index in [0.717, 1.165) is 22.3 Å². The summed E-state index contributed by atoms with van der Waals surface area (Å²) in [6, 6.07) is 0.324. The molecule has 1 aromatic rings. The zero-order valence-electron chi connectivity index (χ0n) is 8.34. The van der Waals surface area contributed by atoms with Gasteiger partial charge in [0, 0.05) is 6.54 Å². The minimum atomic E-state index is 0.324. The van der Waals surface area contributed by atoms with Gasteiger partial charge in [-0.1, -0.05) is 6.92 Å². The van der Waals surface area contributed by atoms with Gasteiger partial charge in [0.15, 0.2) is 0 Å². The van der Waals surface area contributed by atoms with Crippen LogP contribution in [0.15, 0.2) is 4.47 Å². The van der Waals surface area contributed by atoms with Crippen LogP contribution in [-0.2, 0) is 0 Å². The van der Waals surface area contributed by atoms with Crippen molar-refractivity contribution in [2.75, 3.05) is 6.54 Å². The maximum Gasteiger partial charge on any atom is 0.0738 e. The van der Waals surface area contributed by atoms with Gasteiger partial charge in [-0.15, -0.1) is 0 Å². The van der Waals surface area contributed by atoms with Gasteiger partial charge >= 0.3 is 0 Å². The van der Waals surface area contributed by atoms with Gasteiger partial charge in [0.25, 0.3) is 0 Å². The minimum absolute atomic E-state index is 0.324. The molecular formula is C9H16BrN3. The van der Waals surface area contributed by atoms with Crippen LogP contribution in [0.5, 0.6) is 0 Å². The molecule has 1 unspecified atom stereocenters. The molecule has 0 saturated heterocycles. The number of hydrogen-bond acceptors (Lipinski definition) is 2. The van der Waals surface area contributed by atoms with Gasteiger partial charge in [-0.3, -0.25) is 4.68 Å². The second-order valence-electron chi connectivity index (χ2n) is 3.23. The van der Waals surface area contributed by atoms with Gasteiger partial charge in [0.1, 0.15) is 0 Å². The number of rotatable bonds is 3. The first kappa shape index (κ1) is 10.7. The van der Waals surface area contributed by atoms with Gasteiger partial charge in [0.05, 0.1) is 21.9 Å². The predicted molar refractivity (Wildman–Crippen MR) is 57.8 cm³/mol. The Morgan fingerprint density at radius 3 is 2.46 bits per heavy atom. The van der Waals surface area contributed by atoms with Gasteiger partial charge < -0.3 is 5.73 Å². The molecule has 0 aliphatic heterocycles. The van der Waals surface area contributed by atoms with Crippen LogP contribution in [-0.4, -0.2) is 16.3 Å². The summed E-state index contributed by atoms with van der Waals surface area (Å²) >= 11 is 3.50. The van der Waals surface area contributed by atoms with Crippen LogP contribution >= 0.6 is 15.9 Å². The van der Waals surface area contributed by atoms with E-state index in [0.29, 0.717) is 12.6 Å². The van der Waals surface area contributed by atoms with Crippen molar-refractivity contribution in [3.63, 3.8) is 0 Å². The highest BCUT2D eigenvalue weighted by Crippen LogP contribution is 2.23. The SMILES string of the molecule is CCC(CN)n1nc(C)c(Br)c1C. The van der Waals surface area contributed by atoms with E-state index in [1.165, 1.54) is 0 Å². The molecule has 0 aromatic carbocycles. The highest BCUT2D eigenvalue weighted by Gasteiger charge is 2.14. The maximum atomic E-state index is 5.67. The van der Waals surface area contributed by atoms with E-state index in [1.54, 1.807) is 0 Å². The lowest BCUT2D eigenvalue weighted by atomic mass is 10.2. The fraction of sp³-hybridized carbons (Fsp3) is 0.667. The quantitative estimate of drug-likeness (QED) is 0.888. The van der Waals surface area contributed by atoms with E-state index in [9.17, 15) is 0 Å². The Hall–Kier alpha value is -0.350. The third-order valence-electron chi connectivity index (χ3n) is 2.33. The summed E-state index contributed by atoms with van der Waals surface area (Å²) in [4.78, 5) is 0. The molecule has 1 atom stereocenters. The van der Waals surface area contributed by atoms with Crippen molar-refractivity contribution in [3.05, 3.63) is 15.9 Å². The number of aromatic nitrogens is 2. The topological polar surface area (TPSA) is 43.8 Å². The summed E-state index contributed by atoms with van der Waals surface area (Å²) < 4.78 is 3.11. The summed E-state index contributed by atoms with van der Waals surface area (Å²) in [6.45, 7) is 6.83. The van der Waals surface area contributed by atoms with E-state index in [4.69, 9.17) is 5.73 Å². The van der Waals surface area contributed by atoms with E-state index in [-0.39, 0.29) is 0 Å². The van der Waals surface area contributed by atoms with Crippen molar-refractivity contribution >= 4 is 15.9 Å². The molecule has 1 rings (SSSR count). The van der Waals surface area contributed by atoms with E-state index < -0.39 is 0 Å². The summed E-state index contributed by atoms with van der Waals surface area (Å²) in [5, 5.41) is 4.44. The number of aryl methyl sites for hydroxylation is 1. The van der Waals surface area contributed by atoms with Crippen molar-refractivity contribution in [1.82, 2.24) is 9.78 Å². The molecule has 4 heteroatoms. The first-order valence-electron chi connectivity index (χ1n) is 4.53. The molecule has 0 radical (unpaired) electrons. The highest BCUT2D eigenvalue weighted by molar-refractivity contribution is 9.10. The van der Waals surface area contributed by atoms with Gasteiger partial charge in [-0.2, -0.15) is 5.10 Å². The molecule has 1 heterocycles. The van der Waals surface area contributed by atoms with Gasteiger partial charge in [-0.05, 0) is 36.2 Å². The number of halogens is 1. The van der Waals surface area contributed by atoms with Crippen LogP contribution in [0.25, 0.3) is 0 Å². The Bertz CT molecular complexity index is 289. The lowest BCUT2D eigenvalue weighted by molar-refractivity contribution is 0.439. The number of nitrogens with zero attached hydrogens (tertiary/aromatic N) is 2. The highest BCUT2D eigenvalue weighted by atomic mass is 79.9. The van der Waals surface area contributed by atoms with Crippen LogP contribution in [0.4, 0.5) is 0 Å². The lowest BCUT2D eigenvalue weighted by Crippen LogP contribution is -2.20. The second kappa shape index (κ2) is 4.24. The molecule has 74 valence electrons. The average molecular weight is 246 g/mol. The first-order valence-corrected chi connectivity index (χ1v) is 5.32. The Balaban J connectivity index is 3.06. The van der Waals surface area contributed by atoms with E-state index in [2.05, 4.69) is 34.9 Å². The third kappa shape index (κ3) is 1.94. The molecule has 0 amide bonds. The average Bonchev–Trinajstić information content (AvgIpc) is 2.36. The molecule has 0 bridgehead atoms. The smallest absolute Gasteiger partial charge is 0.0738 e. The molecule has 0 saturated carbocycles.